The summed E-state index contributed by atoms with van der Waals surface area (Å²) >= 11 is 0. The Morgan fingerprint density at radius 2 is 1.75 bits per heavy atom. The third-order valence-corrected chi connectivity index (χ3v) is 1.96. The highest BCUT2D eigenvalue weighted by Gasteiger charge is 1.98. The van der Waals surface area contributed by atoms with Crippen molar-refractivity contribution in [3.05, 3.63) is 36.5 Å². The fraction of sp³-hybridized carbons (Fsp3) is 0.600. The van der Waals surface area contributed by atoms with E-state index in [0.717, 1.165) is 13.1 Å². The fourth-order valence-corrected chi connectivity index (χ4v) is 1.32. The van der Waals surface area contributed by atoms with Crippen molar-refractivity contribution in [1.82, 2.24) is 4.90 Å². The molecule has 0 radical (unpaired) electrons. The highest BCUT2D eigenvalue weighted by molar-refractivity contribution is 5.20. The van der Waals surface area contributed by atoms with Crippen molar-refractivity contribution in [3.8, 4) is 0 Å². The molecule has 0 aromatic heterocycles. The number of likely N-dealkylation sites (N-methyl/N-ethyl adjacent to an activating group) is 1. The zero-order valence-electron chi connectivity index (χ0n) is 11.8. The molecule has 0 unspecified atom stereocenters. The number of allylic oxidation sites excluding steroid dienone is 3. The molecule has 0 saturated carbocycles. The molecule has 1 aliphatic heterocycles. The van der Waals surface area contributed by atoms with Gasteiger partial charge >= 0.3 is 0 Å². The van der Waals surface area contributed by atoms with Crippen LogP contribution in [-0.4, -0.2) is 25.0 Å². The Balaban J connectivity index is 0. The highest BCUT2D eigenvalue weighted by Crippen LogP contribution is 2.02. The molecule has 1 nitrogen and oxygen atoms in total. The van der Waals surface area contributed by atoms with Crippen LogP contribution >= 0.6 is 0 Å². The predicted octanol–water partition coefficient (Wildman–Crippen LogP) is 4.43. The van der Waals surface area contributed by atoms with Gasteiger partial charge in [-0.15, -0.1) is 0 Å². The summed E-state index contributed by atoms with van der Waals surface area (Å²) in [5, 5.41) is 0. The molecule has 0 bridgehead atoms. The maximum absolute atomic E-state index is 3.98. The van der Waals surface area contributed by atoms with Gasteiger partial charge in [0.1, 0.15) is 0 Å². The predicted molar refractivity (Wildman–Crippen MR) is 76.8 cm³/mol. The van der Waals surface area contributed by atoms with Crippen LogP contribution in [0, 0.1) is 0 Å². The smallest absolute Gasteiger partial charge is 0.0224 e. The second-order valence-corrected chi connectivity index (χ2v) is 3.33. The Kier molecular flexibility index (Phi) is 15.6. The van der Waals surface area contributed by atoms with Crippen LogP contribution in [0.3, 0.4) is 0 Å². The second kappa shape index (κ2) is 14.2. The van der Waals surface area contributed by atoms with Crippen molar-refractivity contribution in [3.63, 3.8) is 0 Å². The topological polar surface area (TPSA) is 3.24 Å². The Morgan fingerprint density at radius 1 is 1.12 bits per heavy atom. The second-order valence-electron chi connectivity index (χ2n) is 3.33. The Hall–Kier alpha value is -0.820. The summed E-state index contributed by atoms with van der Waals surface area (Å²) in [5.74, 6) is 0. The van der Waals surface area contributed by atoms with Gasteiger partial charge in [0.15, 0.2) is 0 Å². The van der Waals surface area contributed by atoms with E-state index in [1.54, 1.807) is 0 Å². The molecular formula is C15H29N. The van der Waals surface area contributed by atoms with Gasteiger partial charge < -0.3 is 4.90 Å². The summed E-state index contributed by atoms with van der Waals surface area (Å²) in [6.07, 6.45) is 10.9. The molecular weight excluding hydrogens is 194 g/mol. The van der Waals surface area contributed by atoms with Gasteiger partial charge in [-0.05, 0) is 32.0 Å². The molecule has 0 spiro atoms. The lowest BCUT2D eigenvalue weighted by Crippen LogP contribution is -2.21. The van der Waals surface area contributed by atoms with E-state index in [-0.39, 0.29) is 0 Å². The van der Waals surface area contributed by atoms with Gasteiger partial charge in [-0.25, -0.2) is 0 Å². The molecule has 94 valence electrons. The average Bonchev–Trinajstić information content (AvgIpc) is 2.33. The summed E-state index contributed by atoms with van der Waals surface area (Å²) in [7, 11) is 2.14. The van der Waals surface area contributed by atoms with Gasteiger partial charge in [0.05, 0.1) is 0 Å². The van der Waals surface area contributed by atoms with Crippen LogP contribution in [0.5, 0.6) is 0 Å². The van der Waals surface area contributed by atoms with Crippen molar-refractivity contribution in [1.29, 1.82) is 0 Å². The third kappa shape index (κ3) is 11.3. The largest absolute Gasteiger partial charge is 0.302 e. The van der Waals surface area contributed by atoms with Crippen LogP contribution in [0.4, 0.5) is 0 Å². The molecule has 1 heteroatoms. The van der Waals surface area contributed by atoms with Crippen molar-refractivity contribution >= 4 is 0 Å². The molecule has 0 aromatic rings. The van der Waals surface area contributed by atoms with E-state index in [9.17, 15) is 0 Å². The van der Waals surface area contributed by atoms with Crippen LogP contribution in [-0.2, 0) is 0 Å². The molecule has 0 aliphatic carbocycles. The van der Waals surface area contributed by atoms with Gasteiger partial charge in [-0.2, -0.15) is 0 Å². The molecule has 0 atom stereocenters. The molecule has 0 amide bonds. The monoisotopic (exact) mass is 223 g/mol. The van der Waals surface area contributed by atoms with Crippen LogP contribution in [0.25, 0.3) is 0 Å². The van der Waals surface area contributed by atoms with Gasteiger partial charge in [-0.1, -0.05) is 58.6 Å². The molecule has 1 aliphatic rings. The maximum Gasteiger partial charge on any atom is 0.0224 e. The Labute approximate surface area is 103 Å². The number of rotatable bonds is 0. The number of hydrogen-bond acceptors (Lipinski definition) is 1. The SMILES string of the molecule is C=C1/C=C\C=C/CCCN(C)C1.CC.CC. The van der Waals surface area contributed by atoms with Crippen LogP contribution in [0.2, 0.25) is 0 Å². The Morgan fingerprint density at radius 3 is 2.38 bits per heavy atom. The average molecular weight is 223 g/mol. The van der Waals surface area contributed by atoms with Crippen molar-refractivity contribution in [2.24, 2.45) is 0 Å². The molecule has 0 saturated heterocycles. The minimum absolute atomic E-state index is 0.990. The van der Waals surface area contributed by atoms with Crippen LogP contribution < -0.4 is 0 Å². The third-order valence-electron chi connectivity index (χ3n) is 1.96. The van der Waals surface area contributed by atoms with Crippen LogP contribution in [0.15, 0.2) is 36.5 Å². The lowest BCUT2D eigenvalue weighted by atomic mass is 10.2. The number of nitrogens with zero attached hydrogens (tertiary/aromatic N) is 1. The molecule has 0 aromatic carbocycles. The first kappa shape index (κ1) is 17.6. The quantitative estimate of drug-likeness (QED) is 0.587. The summed E-state index contributed by atoms with van der Waals surface area (Å²) < 4.78 is 0. The first-order valence-corrected chi connectivity index (χ1v) is 6.48. The van der Waals surface area contributed by atoms with Gasteiger partial charge in [0.2, 0.25) is 0 Å². The van der Waals surface area contributed by atoms with E-state index in [2.05, 4.69) is 42.8 Å². The molecule has 0 N–H and O–H groups in total. The normalized spacial score (nSPS) is 20.7. The summed E-state index contributed by atoms with van der Waals surface area (Å²) in [4.78, 5) is 2.31. The van der Waals surface area contributed by atoms with E-state index in [4.69, 9.17) is 0 Å². The fourth-order valence-electron chi connectivity index (χ4n) is 1.32. The van der Waals surface area contributed by atoms with Crippen molar-refractivity contribution in [2.75, 3.05) is 20.1 Å². The molecule has 1 heterocycles. The van der Waals surface area contributed by atoms with E-state index >= 15 is 0 Å². The van der Waals surface area contributed by atoms with Crippen molar-refractivity contribution in [2.45, 2.75) is 40.5 Å². The maximum atomic E-state index is 3.98. The minimum Gasteiger partial charge on any atom is -0.302 e. The Bertz CT molecular complexity index is 201. The van der Waals surface area contributed by atoms with E-state index in [1.165, 1.54) is 18.4 Å². The minimum atomic E-state index is 0.990. The van der Waals surface area contributed by atoms with Crippen LogP contribution in [0.1, 0.15) is 40.5 Å². The highest BCUT2D eigenvalue weighted by atomic mass is 15.1. The summed E-state index contributed by atoms with van der Waals surface area (Å²) in [5.41, 5.74) is 1.18. The molecule has 1 rings (SSSR count). The lowest BCUT2D eigenvalue weighted by molar-refractivity contribution is 0.360. The first-order valence-electron chi connectivity index (χ1n) is 6.48. The zero-order chi connectivity index (χ0) is 12.8. The summed E-state index contributed by atoms with van der Waals surface area (Å²) in [6.45, 7) is 14.1. The van der Waals surface area contributed by atoms with Crippen molar-refractivity contribution < 1.29 is 0 Å². The standard InChI is InChI=1S/C11H17N.2C2H6/c1-11-8-6-4-3-5-7-9-12(2)10-11;2*1-2/h3-4,6,8H,1,5,7,9-10H2,2H3;2*1-2H3/b4-3-,8-6-;;. The molecule has 0 fully saturated rings. The lowest BCUT2D eigenvalue weighted by Gasteiger charge is -2.16. The zero-order valence-corrected chi connectivity index (χ0v) is 11.8. The van der Waals surface area contributed by atoms with E-state index in [0.29, 0.717) is 0 Å². The van der Waals surface area contributed by atoms with Gasteiger partial charge in [0.25, 0.3) is 0 Å². The van der Waals surface area contributed by atoms with E-state index < -0.39 is 0 Å². The van der Waals surface area contributed by atoms with Gasteiger partial charge in [0, 0.05) is 6.54 Å². The number of hydrogen-bond donors (Lipinski definition) is 0. The first-order chi connectivity index (χ1) is 7.79. The van der Waals surface area contributed by atoms with E-state index in [1.807, 2.05) is 27.7 Å². The van der Waals surface area contributed by atoms with Gasteiger partial charge in [-0.3, -0.25) is 0 Å². The molecule has 16 heavy (non-hydrogen) atoms. The summed E-state index contributed by atoms with van der Waals surface area (Å²) in [6, 6.07) is 0.